The van der Waals surface area contributed by atoms with Crippen LogP contribution in [0.1, 0.15) is 48.9 Å². The standard InChI is InChI=1S/C23H30N2O2/c1-24-12-5-6-21(24)11-15-27-22-10-9-18-16-20(8-7-19(18)17-22)23(26)25-13-3-2-4-14-25/h7-10,16-17,21H,2-6,11-15H2,1H3. The van der Waals surface area contributed by atoms with Gasteiger partial charge in [-0.25, -0.2) is 0 Å². The van der Waals surface area contributed by atoms with Crippen LogP contribution >= 0.6 is 0 Å². The van der Waals surface area contributed by atoms with Crippen LogP contribution in [0.5, 0.6) is 5.75 Å². The number of nitrogens with zero attached hydrogens (tertiary/aromatic N) is 2. The van der Waals surface area contributed by atoms with Crippen molar-refractivity contribution in [2.75, 3.05) is 33.3 Å². The molecule has 0 spiro atoms. The molecule has 1 unspecified atom stereocenters. The van der Waals surface area contributed by atoms with E-state index in [0.717, 1.165) is 61.0 Å². The number of carbonyl (C=O) groups is 1. The van der Waals surface area contributed by atoms with Gasteiger partial charge < -0.3 is 14.5 Å². The fraction of sp³-hybridized carbons (Fsp3) is 0.522. The molecule has 0 radical (unpaired) electrons. The first-order valence-corrected chi connectivity index (χ1v) is 10.4. The van der Waals surface area contributed by atoms with Crippen molar-refractivity contribution >= 4 is 16.7 Å². The molecule has 2 aliphatic rings. The maximum absolute atomic E-state index is 12.7. The zero-order valence-electron chi connectivity index (χ0n) is 16.3. The molecule has 2 saturated heterocycles. The smallest absolute Gasteiger partial charge is 0.253 e. The molecule has 0 saturated carbocycles. The number of hydrogen-bond donors (Lipinski definition) is 0. The van der Waals surface area contributed by atoms with Gasteiger partial charge in [-0.2, -0.15) is 0 Å². The zero-order valence-corrected chi connectivity index (χ0v) is 16.3. The van der Waals surface area contributed by atoms with Crippen molar-refractivity contribution in [1.29, 1.82) is 0 Å². The van der Waals surface area contributed by atoms with E-state index in [1.165, 1.54) is 25.8 Å². The van der Waals surface area contributed by atoms with Gasteiger partial charge in [-0.15, -0.1) is 0 Å². The number of piperidine rings is 1. The molecular formula is C23H30N2O2. The number of ether oxygens (including phenoxy) is 1. The molecule has 2 fully saturated rings. The molecule has 0 bridgehead atoms. The van der Waals surface area contributed by atoms with Gasteiger partial charge in [0.2, 0.25) is 0 Å². The second kappa shape index (κ2) is 8.30. The lowest BCUT2D eigenvalue weighted by molar-refractivity contribution is 0.0724. The predicted octanol–water partition coefficient (Wildman–Crippen LogP) is 4.33. The second-order valence-corrected chi connectivity index (χ2v) is 7.99. The van der Waals surface area contributed by atoms with E-state index < -0.39 is 0 Å². The Balaban J connectivity index is 1.40. The molecule has 4 rings (SSSR count). The minimum absolute atomic E-state index is 0.164. The Morgan fingerprint density at radius 3 is 2.56 bits per heavy atom. The van der Waals surface area contributed by atoms with Crippen LogP contribution in [-0.4, -0.2) is 55.0 Å². The van der Waals surface area contributed by atoms with E-state index in [1.807, 2.05) is 29.2 Å². The van der Waals surface area contributed by atoms with Gasteiger partial charge in [0.1, 0.15) is 5.75 Å². The van der Waals surface area contributed by atoms with Gasteiger partial charge >= 0.3 is 0 Å². The summed E-state index contributed by atoms with van der Waals surface area (Å²) in [6.45, 7) is 3.74. The van der Waals surface area contributed by atoms with Crippen molar-refractivity contribution in [2.45, 2.75) is 44.6 Å². The summed E-state index contributed by atoms with van der Waals surface area (Å²) in [5, 5.41) is 2.22. The van der Waals surface area contributed by atoms with E-state index in [4.69, 9.17) is 4.74 Å². The first-order valence-electron chi connectivity index (χ1n) is 10.4. The third kappa shape index (κ3) is 4.27. The summed E-state index contributed by atoms with van der Waals surface area (Å²) in [6, 6.07) is 12.9. The topological polar surface area (TPSA) is 32.8 Å². The Bertz CT molecular complexity index is 798. The minimum Gasteiger partial charge on any atom is -0.494 e. The Labute approximate surface area is 162 Å². The van der Waals surface area contributed by atoms with Crippen LogP contribution in [0.15, 0.2) is 36.4 Å². The molecule has 1 atom stereocenters. The van der Waals surface area contributed by atoms with Gasteiger partial charge in [-0.1, -0.05) is 12.1 Å². The normalized spacial score (nSPS) is 20.9. The Hall–Kier alpha value is -2.07. The van der Waals surface area contributed by atoms with Gasteiger partial charge in [-0.3, -0.25) is 4.79 Å². The lowest BCUT2D eigenvalue weighted by atomic mass is 10.0. The molecule has 2 aromatic rings. The molecule has 4 heteroatoms. The minimum atomic E-state index is 0.164. The number of benzene rings is 2. The lowest BCUT2D eigenvalue weighted by Crippen LogP contribution is -2.35. The van der Waals surface area contributed by atoms with Crippen LogP contribution < -0.4 is 4.74 Å². The Morgan fingerprint density at radius 2 is 1.78 bits per heavy atom. The number of amides is 1. The lowest BCUT2D eigenvalue weighted by Gasteiger charge is -2.26. The van der Waals surface area contributed by atoms with Crippen molar-refractivity contribution in [3.05, 3.63) is 42.0 Å². The molecule has 144 valence electrons. The fourth-order valence-corrected chi connectivity index (χ4v) is 4.38. The van der Waals surface area contributed by atoms with Crippen molar-refractivity contribution in [1.82, 2.24) is 9.80 Å². The molecule has 2 aliphatic heterocycles. The molecular weight excluding hydrogens is 336 g/mol. The van der Waals surface area contributed by atoms with E-state index in [2.05, 4.69) is 24.1 Å². The van der Waals surface area contributed by atoms with E-state index >= 15 is 0 Å². The first kappa shape index (κ1) is 18.3. The molecule has 1 amide bonds. The number of fused-ring (bicyclic) bond motifs is 1. The summed E-state index contributed by atoms with van der Waals surface area (Å²) >= 11 is 0. The van der Waals surface area contributed by atoms with Gasteiger partial charge in [0.15, 0.2) is 0 Å². The summed E-state index contributed by atoms with van der Waals surface area (Å²) in [5.74, 6) is 1.08. The molecule has 0 N–H and O–H groups in total. The number of likely N-dealkylation sites (tertiary alicyclic amines) is 2. The SMILES string of the molecule is CN1CCCC1CCOc1ccc2cc(C(=O)N3CCCCC3)ccc2c1. The highest BCUT2D eigenvalue weighted by Gasteiger charge is 2.20. The van der Waals surface area contributed by atoms with Gasteiger partial charge in [0.25, 0.3) is 5.91 Å². The highest BCUT2D eigenvalue weighted by Crippen LogP contribution is 2.24. The van der Waals surface area contributed by atoms with Crippen LogP contribution in [0.4, 0.5) is 0 Å². The predicted molar refractivity (Wildman–Crippen MR) is 109 cm³/mol. The largest absolute Gasteiger partial charge is 0.494 e. The van der Waals surface area contributed by atoms with Crippen molar-refractivity contribution in [3.63, 3.8) is 0 Å². The average Bonchev–Trinajstić information content (AvgIpc) is 3.12. The summed E-state index contributed by atoms with van der Waals surface area (Å²) in [5.41, 5.74) is 0.794. The van der Waals surface area contributed by atoms with Gasteiger partial charge in [-0.05, 0) is 87.2 Å². The molecule has 0 aromatic heterocycles. The molecule has 0 aliphatic carbocycles. The number of rotatable bonds is 5. The highest BCUT2D eigenvalue weighted by molar-refractivity contribution is 5.98. The molecule has 4 nitrogen and oxygen atoms in total. The maximum Gasteiger partial charge on any atom is 0.253 e. The van der Waals surface area contributed by atoms with Crippen molar-refractivity contribution in [2.24, 2.45) is 0 Å². The summed E-state index contributed by atoms with van der Waals surface area (Å²) in [4.78, 5) is 17.1. The van der Waals surface area contributed by atoms with Gasteiger partial charge in [0.05, 0.1) is 6.61 Å². The third-order valence-electron chi connectivity index (χ3n) is 6.09. The molecule has 2 heterocycles. The van der Waals surface area contributed by atoms with Crippen LogP contribution in [-0.2, 0) is 0 Å². The van der Waals surface area contributed by atoms with Crippen LogP contribution in [0.3, 0.4) is 0 Å². The summed E-state index contributed by atoms with van der Waals surface area (Å²) in [6.07, 6.45) is 7.15. The summed E-state index contributed by atoms with van der Waals surface area (Å²) in [7, 11) is 2.20. The average molecular weight is 367 g/mol. The second-order valence-electron chi connectivity index (χ2n) is 7.99. The van der Waals surface area contributed by atoms with E-state index in [9.17, 15) is 4.79 Å². The van der Waals surface area contributed by atoms with Crippen LogP contribution in [0.25, 0.3) is 10.8 Å². The van der Waals surface area contributed by atoms with E-state index in [0.29, 0.717) is 6.04 Å². The molecule has 27 heavy (non-hydrogen) atoms. The molecule has 2 aromatic carbocycles. The van der Waals surface area contributed by atoms with E-state index in [-0.39, 0.29) is 5.91 Å². The van der Waals surface area contributed by atoms with Crippen LogP contribution in [0.2, 0.25) is 0 Å². The fourth-order valence-electron chi connectivity index (χ4n) is 4.38. The van der Waals surface area contributed by atoms with Gasteiger partial charge in [0, 0.05) is 24.7 Å². The number of hydrogen-bond acceptors (Lipinski definition) is 3. The quantitative estimate of drug-likeness (QED) is 0.790. The maximum atomic E-state index is 12.7. The monoisotopic (exact) mass is 366 g/mol. The third-order valence-corrected chi connectivity index (χ3v) is 6.09. The number of carbonyl (C=O) groups excluding carboxylic acids is 1. The highest BCUT2D eigenvalue weighted by atomic mass is 16.5. The van der Waals surface area contributed by atoms with Crippen molar-refractivity contribution in [3.8, 4) is 5.75 Å². The Morgan fingerprint density at radius 1 is 1.00 bits per heavy atom. The first-order chi connectivity index (χ1) is 13.2. The zero-order chi connectivity index (χ0) is 18.6. The van der Waals surface area contributed by atoms with Crippen LogP contribution in [0, 0.1) is 0 Å². The van der Waals surface area contributed by atoms with Crippen molar-refractivity contribution < 1.29 is 9.53 Å². The Kier molecular flexibility index (Phi) is 5.63. The van der Waals surface area contributed by atoms with E-state index in [1.54, 1.807) is 0 Å². The summed E-state index contributed by atoms with van der Waals surface area (Å²) < 4.78 is 6.00.